The largest absolute Gasteiger partial charge is 0.440 e. The summed E-state index contributed by atoms with van der Waals surface area (Å²) in [5.41, 5.74) is 1.62. The van der Waals surface area contributed by atoms with Crippen LogP contribution >= 0.6 is 23.2 Å². The number of carbonyl (C=O) groups excluding carboxylic acids is 1. The number of anilines is 1. The Morgan fingerprint density at radius 1 is 1.05 bits per heavy atom. The summed E-state index contributed by atoms with van der Waals surface area (Å²) in [5.74, 6) is 0.253. The van der Waals surface area contributed by atoms with Crippen molar-refractivity contribution in [3.63, 3.8) is 0 Å². The molecule has 1 N–H and O–H groups in total. The van der Waals surface area contributed by atoms with Crippen LogP contribution in [0.5, 0.6) is 0 Å². The zero-order valence-electron chi connectivity index (χ0n) is 20.2. The van der Waals surface area contributed by atoms with Gasteiger partial charge in [0.15, 0.2) is 15.6 Å². The van der Waals surface area contributed by atoms with E-state index in [2.05, 4.69) is 15.3 Å². The Bertz CT molecular complexity index is 1590. The quantitative estimate of drug-likeness (QED) is 0.268. The molecule has 38 heavy (non-hydrogen) atoms. The number of halogens is 3. The summed E-state index contributed by atoms with van der Waals surface area (Å²) in [5, 5.41) is 3.48. The summed E-state index contributed by atoms with van der Waals surface area (Å²) in [6.45, 7) is 1.56. The molecule has 1 aliphatic carbocycles. The minimum Gasteiger partial charge on any atom is -0.440 e. The van der Waals surface area contributed by atoms with Crippen molar-refractivity contribution in [2.24, 2.45) is 0 Å². The Kier molecular flexibility index (Phi) is 7.02. The average Bonchev–Trinajstić information content (AvgIpc) is 3.51. The number of nitrogens with zero attached hydrogens (tertiary/aromatic N) is 2. The minimum atomic E-state index is -3.36. The van der Waals surface area contributed by atoms with Crippen molar-refractivity contribution < 1.29 is 22.0 Å². The number of amides is 1. The van der Waals surface area contributed by atoms with E-state index >= 15 is 0 Å². The maximum Gasteiger partial charge on any atom is 0.230 e. The fraction of sp³-hybridized carbons (Fsp3) is 0.222. The van der Waals surface area contributed by atoms with Gasteiger partial charge >= 0.3 is 0 Å². The van der Waals surface area contributed by atoms with Crippen LogP contribution in [0.2, 0.25) is 10.0 Å². The number of carbonyl (C=O) groups is 1. The normalized spacial score (nSPS) is 14.3. The molecule has 1 fully saturated rings. The number of hydrogen-bond donors (Lipinski definition) is 1. The third kappa shape index (κ3) is 5.18. The average molecular weight is 574 g/mol. The zero-order valence-corrected chi connectivity index (χ0v) is 22.5. The molecule has 0 atom stereocenters. The van der Waals surface area contributed by atoms with Crippen LogP contribution in [0, 0.1) is 5.82 Å². The molecule has 1 aliphatic rings. The highest BCUT2D eigenvalue weighted by Gasteiger charge is 2.52. The van der Waals surface area contributed by atoms with Gasteiger partial charge in [-0.2, -0.15) is 0 Å². The number of oxazole rings is 1. The van der Waals surface area contributed by atoms with E-state index in [0.29, 0.717) is 44.2 Å². The molecule has 0 radical (unpaired) electrons. The molecule has 1 amide bonds. The van der Waals surface area contributed by atoms with E-state index in [0.717, 1.165) is 12.8 Å². The first kappa shape index (κ1) is 26.3. The lowest BCUT2D eigenvalue weighted by Crippen LogP contribution is -2.16. The second kappa shape index (κ2) is 10.1. The summed E-state index contributed by atoms with van der Waals surface area (Å²) in [4.78, 5) is 21.3. The zero-order chi connectivity index (χ0) is 27.1. The molecule has 0 aliphatic heterocycles. The van der Waals surface area contributed by atoms with Gasteiger partial charge in [0.25, 0.3) is 0 Å². The first-order valence-corrected chi connectivity index (χ1v) is 14.2. The van der Waals surface area contributed by atoms with Crippen molar-refractivity contribution in [3.05, 3.63) is 93.9 Å². The number of nitrogens with one attached hydrogen (secondary N) is 1. The Labute approximate surface area is 228 Å². The monoisotopic (exact) mass is 573 g/mol. The van der Waals surface area contributed by atoms with Crippen molar-refractivity contribution in [3.8, 4) is 11.3 Å². The maximum absolute atomic E-state index is 13.3. The number of aromatic nitrogens is 2. The molecule has 2 aromatic heterocycles. The molecular weight excluding hydrogens is 552 g/mol. The van der Waals surface area contributed by atoms with Crippen LogP contribution < -0.4 is 5.32 Å². The SMILES string of the molecule is CCS(=O)(=O)c1ccc(CC(=O)Nc2cc(Cl)c(C3(c4ncc(-c5ccc(F)cc5)o4)CC3)c(Cl)c2)nc1. The predicted molar refractivity (Wildman–Crippen MR) is 143 cm³/mol. The van der Waals surface area contributed by atoms with E-state index in [1.54, 1.807) is 37.4 Å². The first-order valence-electron chi connectivity index (χ1n) is 11.8. The summed E-state index contributed by atoms with van der Waals surface area (Å²) < 4.78 is 43.2. The van der Waals surface area contributed by atoms with Gasteiger partial charge in [-0.3, -0.25) is 9.78 Å². The van der Waals surface area contributed by atoms with Gasteiger partial charge in [0, 0.05) is 38.8 Å². The second-order valence-electron chi connectivity index (χ2n) is 9.05. The molecule has 0 unspecified atom stereocenters. The third-order valence-corrected chi connectivity index (χ3v) is 8.79. The van der Waals surface area contributed by atoms with Gasteiger partial charge in [0.2, 0.25) is 11.8 Å². The van der Waals surface area contributed by atoms with Crippen molar-refractivity contribution in [2.45, 2.75) is 36.5 Å². The summed E-state index contributed by atoms with van der Waals surface area (Å²) in [7, 11) is -3.36. The van der Waals surface area contributed by atoms with Crippen molar-refractivity contribution in [1.82, 2.24) is 9.97 Å². The Hall–Kier alpha value is -3.27. The molecule has 0 bridgehead atoms. The fourth-order valence-corrected chi connectivity index (χ4v) is 5.95. The van der Waals surface area contributed by atoms with Gasteiger partial charge in [-0.25, -0.2) is 17.8 Å². The van der Waals surface area contributed by atoms with Gasteiger partial charge in [-0.15, -0.1) is 0 Å². The van der Waals surface area contributed by atoms with Gasteiger partial charge in [0.05, 0.1) is 28.7 Å². The maximum atomic E-state index is 13.3. The van der Waals surface area contributed by atoms with Crippen LogP contribution in [0.1, 0.15) is 36.9 Å². The topological polar surface area (TPSA) is 102 Å². The number of benzene rings is 2. The molecule has 4 aromatic rings. The van der Waals surface area contributed by atoms with E-state index in [9.17, 15) is 17.6 Å². The molecule has 1 saturated carbocycles. The van der Waals surface area contributed by atoms with E-state index in [1.165, 1.54) is 30.5 Å². The Morgan fingerprint density at radius 2 is 1.74 bits per heavy atom. The van der Waals surface area contributed by atoms with Gasteiger partial charge in [-0.1, -0.05) is 30.1 Å². The molecule has 2 heterocycles. The lowest BCUT2D eigenvalue weighted by atomic mass is 9.95. The molecule has 196 valence electrons. The van der Waals surface area contributed by atoms with Crippen LogP contribution in [0.25, 0.3) is 11.3 Å². The smallest absolute Gasteiger partial charge is 0.230 e. The van der Waals surface area contributed by atoms with Gasteiger partial charge in [-0.05, 0) is 61.4 Å². The molecule has 0 saturated heterocycles. The van der Waals surface area contributed by atoms with E-state index < -0.39 is 15.3 Å². The Morgan fingerprint density at radius 3 is 2.32 bits per heavy atom. The van der Waals surface area contributed by atoms with Crippen LogP contribution in [0.3, 0.4) is 0 Å². The lowest BCUT2D eigenvalue weighted by Gasteiger charge is -2.17. The van der Waals surface area contributed by atoms with Crippen molar-refractivity contribution >= 4 is 44.6 Å². The molecule has 2 aromatic carbocycles. The van der Waals surface area contributed by atoms with Crippen LogP contribution in [0.4, 0.5) is 10.1 Å². The first-order chi connectivity index (χ1) is 18.1. The summed E-state index contributed by atoms with van der Waals surface area (Å²) >= 11 is 13.3. The highest BCUT2D eigenvalue weighted by Crippen LogP contribution is 2.57. The van der Waals surface area contributed by atoms with Crippen LogP contribution in [0.15, 0.2) is 70.2 Å². The Balaban J connectivity index is 1.32. The van der Waals surface area contributed by atoms with Gasteiger partial charge in [0.1, 0.15) is 5.82 Å². The third-order valence-electron chi connectivity index (χ3n) is 6.48. The number of sulfone groups is 1. The molecule has 11 heteroatoms. The molecule has 7 nitrogen and oxygen atoms in total. The lowest BCUT2D eigenvalue weighted by molar-refractivity contribution is -0.115. The standard InChI is InChI=1S/C27H22Cl2FN3O4S/c1-2-38(35,36)20-8-7-18(31-14-20)13-24(34)33-19-11-21(28)25(22(29)12-19)27(9-10-27)26-32-15-23(37-26)16-3-5-17(30)6-4-16/h3-8,11-12,14-15H,2,9-10,13H2,1H3,(H,33,34). The summed E-state index contributed by atoms with van der Waals surface area (Å²) in [6.07, 6.45) is 4.25. The van der Waals surface area contributed by atoms with Crippen LogP contribution in [-0.2, 0) is 26.5 Å². The predicted octanol–water partition coefficient (Wildman–Crippen LogP) is 6.24. The van der Waals surface area contributed by atoms with Gasteiger partial charge < -0.3 is 9.73 Å². The highest BCUT2D eigenvalue weighted by molar-refractivity contribution is 7.91. The molecule has 5 rings (SSSR count). The highest BCUT2D eigenvalue weighted by atomic mass is 35.5. The van der Waals surface area contributed by atoms with Crippen molar-refractivity contribution in [2.75, 3.05) is 11.1 Å². The molecular formula is C27H22Cl2FN3O4S. The van der Waals surface area contributed by atoms with E-state index in [-0.39, 0.29) is 28.8 Å². The van der Waals surface area contributed by atoms with E-state index in [4.69, 9.17) is 27.6 Å². The van der Waals surface area contributed by atoms with Crippen molar-refractivity contribution in [1.29, 1.82) is 0 Å². The number of rotatable bonds is 8. The van der Waals surface area contributed by atoms with Crippen LogP contribution in [-0.4, -0.2) is 30.0 Å². The fourth-order valence-electron chi connectivity index (χ4n) is 4.28. The number of hydrogen-bond acceptors (Lipinski definition) is 6. The minimum absolute atomic E-state index is 0.0291. The number of pyridine rings is 1. The van der Waals surface area contributed by atoms with E-state index in [1.807, 2.05) is 0 Å². The summed E-state index contributed by atoms with van der Waals surface area (Å²) in [6, 6.07) is 12.1. The second-order valence-corrected chi connectivity index (χ2v) is 12.1. The molecule has 0 spiro atoms.